The van der Waals surface area contributed by atoms with Crippen LogP contribution in [0.4, 0.5) is 0 Å². The number of halogens is 1. The van der Waals surface area contributed by atoms with Crippen molar-refractivity contribution in [2.45, 2.75) is 18.6 Å². The van der Waals surface area contributed by atoms with Crippen LogP contribution >= 0.6 is 11.6 Å². The van der Waals surface area contributed by atoms with Gasteiger partial charge in [0.05, 0.1) is 5.02 Å². The van der Waals surface area contributed by atoms with E-state index in [9.17, 15) is 5.11 Å². The molecule has 0 amide bonds. The van der Waals surface area contributed by atoms with Gasteiger partial charge in [-0.15, -0.1) is 0 Å². The zero-order valence-electron chi connectivity index (χ0n) is 11.2. The van der Waals surface area contributed by atoms with Crippen LogP contribution in [-0.2, 0) is 0 Å². The first-order valence-corrected chi connectivity index (χ1v) is 7.00. The second kappa shape index (κ2) is 7.10. The molecule has 19 heavy (non-hydrogen) atoms. The summed E-state index contributed by atoms with van der Waals surface area (Å²) < 4.78 is 5.50. The van der Waals surface area contributed by atoms with E-state index in [0.717, 1.165) is 19.5 Å². The van der Waals surface area contributed by atoms with Gasteiger partial charge < -0.3 is 20.1 Å². The maximum absolute atomic E-state index is 9.88. The zero-order valence-corrected chi connectivity index (χ0v) is 11.9. The summed E-state index contributed by atoms with van der Waals surface area (Å²) in [4.78, 5) is 2.28. The summed E-state index contributed by atoms with van der Waals surface area (Å²) in [6, 6.07) is 7.76. The third-order valence-corrected chi connectivity index (χ3v) is 3.61. The van der Waals surface area contributed by atoms with Crippen LogP contribution < -0.4 is 10.1 Å². The fourth-order valence-corrected chi connectivity index (χ4v) is 2.40. The molecule has 4 nitrogen and oxygen atoms in total. The van der Waals surface area contributed by atoms with Crippen LogP contribution in [0.25, 0.3) is 0 Å². The predicted molar refractivity (Wildman–Crippen MR) is 76.9 cm³/mol. The van der Waals surface area contributed by atoms with Gasteiger partial charge in [0.2, 0.25) is 0 Å². The van der Waals surface area contributed by atoms with Gasteiger partial charge in [0.15, 0.2) is 0 Å². The molecule has 0 aliphatic carbocycles. The minimum absolute atomic E-state index is 0.249. The van der Waals surface area contributed by atoms with Crippen molar-refractivity contribution in [3.05, 3.63) is 29.3 Å². The van der Waals surface area contributed by atoms with Crippen molar-refractivity contribution >= 4 is 11.6 Å². The molecule has 1 aromatic carbocycles. The summed E-state index contributed by atoms with van der Waals surface area (Å²) >= 11 is 5.98. The standard InChI is InChI=1S/C14H21ClN2O2/c1-17-7-6-11(9-17)16-8-12(18)10-19-14-5-3-2-4-13(14)15/h2-5,11-12,16,18H,6-10H2,1H3. The van der Waals surface area contributed by atoms with Crippen LogP contribution in [0.2, 0.25) is 5.02 Å². The van der Waals surface area contributed by atoms with Crippen LogP contribution in [0.1, 0.15) is 6.42 Å². The van der Waals surface area contributed by atoms with Gasteiger partial charge in [0.1, 0.15) is 18.5 Å². The highest BCUT2D eigenvalue weighted by Crippen LogP contribution is 2.23. The minimum atomic E-state index is -0.526. The van der Waals surface area contributed by atoms with Gasteiger partial charge >= 0.3 is 0 Å². The number of hydrogen-bond acceptors (Lipinski definition) is 4. The highest BCUT2D eigenvalue weighted by Gasteiger charge is 2.19. The third-order valence-electron chi connectivity index (χ3n) is 3.30. The maximum atomic E-state index is 9.88. The number of hydrogen-bond donors (Lipinski definition) is 2. The van der Waals surface area contributed by atoms with Crippen molar-refractivity contribution in [2.75, 3.05) is 33.3 Å². The number of benzene rings is 1. The normalized spacial score (nSPS) is 21.5. The van der Waals surface area contributed by atoms with Crippen LogP contribution in [0, 0.1) is 0 Å². The zero-order chi connectivity index (χ0) is 13.7. The second-order valence-corrected chi connectivity index (χ2v) is 5.46. The molecule has 2 N–H and O–H groups in total. The molecule has 2 rings (SSSR count). The number of ether oxygens (including phenoxy) is 1. The molecule has 106 valence electrons. The Kier molecular flexibility index (Phi) is 5.45. The van der Waals surface area contributed by atoms with Crippen molar-refractivity contribution in [1.82, 2.24) is 10.2 Å². The van der Waals surface area contributed by atoms with Crippen molar-refractivity contribution < 1.29 is 9.84 Å². The van der Waals surface area contributed by atoms with E-state index in [2.05, 4.69) is 17.3 Å². The van der Waals surface area contributed by atoms with Crippen molar-refractivity contribution in [2.24, 2.45) is 0 Å². The number of likely N-dealkylation sites (tertiary alicyclic amines) is 1. The average molecular weight is 285 g/mol. The molecule has 5 heteroatoms. The van der Waals surface area contributed by atoms with Gasteiger partial charge in [-0.25, -0.2) is 0 Å². The minimum Gasteiger partial charge on any atom is -0.489 e. The number of aliphatic hydroxyl groups excluding tert-OH is 1. The number of likely N-dealkylation sites (N-methyl/N-ethyl adjacent to an activating group) is 1. The lowest BCUT2D eigenvalue weighted by atomic mass is 10.2. The molecule has 2 unspecified atom stereocenters. The molecule has 1 aliphatic heterocycles. The Morgan fingerprint density at radius 1 is 1.53 bits per heavy atom. The van der Waals surface area contributed by atoms with Gasteiger partial charge in [-0.05, 0) is 32.1 Å². The smallest absolute Gasteiger partial charge is 0.138 e. The summed E-state index contributed by atoms with van der Waals surface area (Å²) in [6.07, 6.45) is 0.608. The van der Waals surface area contributed by atoms with E-state index >= 15 is 0 Å². The number of para-hydroxylation sites is 1. The fraction of sp³-hybridized carbons (Fsp3) is 0.571. The largest absolute Gasteiger partial charge is 0.489 e. The van der Waals surface area contributed by atoms with E-state index in [0.29, 0.717) is 23.4 Å². The molecule has 1 saturated heterocycles. The highest BCUT2D eigenvalue weighted by molar-refractivity contribution is 6.32. The van der Waals surface area contributed by atoms with Crippen molar-refractivity contribution in [1.29, 1.82) is 0 Å². The first-order valence-electron chi connectivity index (χ1n) is 6.62. The Labute approximate surface area is 119 Å². The number of nitrogens with one attached hydrogen (secondary N) is 1. The highest BCUT2D eigenvalue weighted by atomic mass is 35.5. The molecule has 2 atom stereocenters. The second-order valence-electron chi connectivity index (χ2n) is 5.05. The molecule has 0 spiro atoms. The van der Waals surface area contributed by atoms with Crippen LogP contribution in [0.5, 0.6) is 5.75 Å². The molecule has 0 saturated carbocycles. The molecule has 0 radical (unpaired) electrons. The van der Waals surface area contributed by atoms with Gasteiger partial charge in [0.25, 0.3) is 0 Å². The SMILES string of the molecule is CN1CCC(NCC(O)COc2ccccc2Cl)C1. The fourth-order valence-electron chi connectivity index (χ4n) is 2.21. The summed E-state index contributed by atoms with van der Waals surface area (Å²) in [7, 11) is 2.11. The topological polar surface area (TPSA) is 44.7 Å². The monoisotopic (exact) mass is 284 g/mol. The Hall–Kier alpha value is -0.810. The van der Waals surface area contributed by atoms with E-state index < -0.39 is 6.10 Å². The number of rotatable bonds is 6. The summed E-state index contributed by atoms with van der Waals surface area (Å²) in [5, 5.41) is 13.8. The Balaban J connectivity index is 1.67. The molecule has 0 aromatic heterocycles. The van der Waals surface area contributed by atoms with Gasteiger partial charge in [-0.3, -0.25) is 0 Å². The van der Waals surface area contributed by atoms with E-state index in [-0.39, 0.29) is 6.61 Å². The van der Waals surface area contributed by atoms with Gasteiger partial charge in [-0.1, -0.05) is 23.7 Å². The van der Waals surface area contributed by atoms with E-state index in [4.69, 9.17) is 16.3 Å². The number of nitrogens with zero attached hydrogens (tertiary/aromatic N) is 1. The van der Waals surface area contributed by atoms with E-state index in [1.807, 2.05) is 12.1 Å². The lowest BCUT2D eigenvalue weighted by molar-refractivity contribution is 0.104. The average Bonchev–Trinajstić information content (AvgIpc) is 2.81. The van der Waals surface area contributed by atoms with Crippen LogP contribution in [0.15, 0.2) is 24.3 Å². The Morgan fingerprint density at radius 3 is 3.00 bits per heavy atom. The Morgan fingerprint density at radius 2 is 2.32 bits per heavy atom. The predicted octanol–water partition coefficient (Wildman–Crippen LogP) is 1.37. The summed E-state index contributed by atoms with van der Waals surface area (Å²) in [6.45, 7) is 2.95. The quantitative estimate of drug-likeness (QED) is 0.828. The van der Waals surface area contributed by atoms with E-state index in [1.165, 1.54) is 0 Å². The van der Waals surface area contributed by atoms with Crippen LogP contribution in [0.3, 0.4) is 0 Å². The summed E-state index contributed by atoms with van der Waals surface area (Å²) in [5.41, 5.74) is 0. The maximum Gasteiger partial charge on any atom is 0.138 e. The van der Waals surface area contributed by atoms with Gasteiger partial charge in [-0.2, -0.15) is 0 Å². The first-order chi connectivity index (χ1) is 9.15. The lowest BCUT2D eigenvalue weighted by Gasteiger charge is -2.17. The molecule has 1 aliphatic rings. The lowest BCUT2D eigenvalue weighted by Crippen LogP contribution is -2.39. The first kappa shape index (κ1) is 14.6. The van der Waals surface area contributed by atoms with Gasteiger partial charge in [0, 0.05) is 19.1 Å². The molecule has 1 heterocycles. The molecule has 0 bridgehead atoms. The molecular weight excluding hydrogens is 264 g/mol. The third kappa shape index (κ3) is 4.66. The van der Waals surface area contributed by atoms with E-state index in [1.54, 1.807) is 12.1 Å². The van der Waals surface area contributed by atoms with Crippen molar-refractivity contribution in [3.63, 3.8) is 0 Å². The molecule has 1 aromatic rings. The molecular formula is C14H21ClN2O2. The number of aliphatic hydroxyl groups is 1. The van der Waals surface area contributed by atoms with Crippen LogP contribution in [-0.4, -0.2) is 55.4 Å². The summed E-state index contributed by atoms with van der Waals surface area (Å²) in [5.74, 6) is 0.615. The van der Waals surface area contributed by atoms with Crippen molar-refractivity contribution in [3.8, 4) is 5.75 Å². The Bertz CT molecular complexity index is 403. The molecule has 1 fully saturated rings.